The molecule has 0 unspecified atom stereocenters. The molecular formula is C14H17NOS. The van der Waals surface area contributed by atoms with Crippen LogP contribution in [0.2, 0.25) is 0 Å². The Hall–Kier alpha value is -1.19. The molecule has 0 saturated heterocycles. The van der Waals surface area contributed by atoms with Crippen molar-refractivity contribution in [3.05, 3.63) is 40.2 Å². The van der Waals surface area contributed by atoms with E-state index in [0.717, 1.165) is 22.7 Å². The number of aromatic nitrogens is 1. The number of benzene rings is 1. The lowest BCUT2D eigenvalue weighted by molar-refractivity contribution is 0.0783. The predicted molar refractivity (Wildman–Crippen MR) is 72.2 cm³/mol. The highest BCUT2D eigenvalue weighted by Gasteiger charge is 2.23. The molecule has 2 rings (SSSR count). The number of aryl methyl sites for hydroxylation is 1. The largest absolute Gasteiger partial charge is 0.383 e. The molecule has 0 aliphatic rings. The first-order valence-electron chi connectivity index (χ1n) is 5.80. The van der Waals surface area contributed by atoms with Crippen LogP contribution < -0.4 is 0 Å². The molecule has 1 aromatic heterocycles. The standard InChI is InChI=1S/C14H17NOS/c1-4-11-12(10-8-6-5-7-9-10)15-13(17-11)14(2,3)16/h5-9,16H,4H2,1-3H3. The Kier molecular flexibility index (Phi) is 3.31. The van der Waals surface area contributed by atoms with E-state index >= 15 is 0 Å². The van der Waals surface area contributed by atoms with Crippen LogP contribution in [0.1, 0.15) is 30.7 Å². The molecule has 0 radical (unpaired) electrons. The second-order valence-corrected chi connectivity index (χ2v) is 5.65. The highest BCUT2D eigenvalue weighted by Crippen LogP contribution is 2.33. The first kappa shape index (κ1) is 12.3. The minimum atomic E-state index is -0.860. The van der Waals surface area contributed by atoms with Gasteiger partial charge in [-0.05, 0) is 20.3 Å². The fourth-order valence-electron chi connectivity index (χ4n) is 1.67. The van der Waals surface area contributed by atoms with Crippen molar-refractivity contribution in [3.63, 3.8) is 0 Å². The number of rotatable bonds is 3. The van der Waals surface area contributed by atoms with E-state index in [4.69, 9.17) is 0 Å². The molecule has 17 heavy (non-hydrogen) atoms. The fourth-order valence-corrected chi connectivity index (χ4v) is 2.70. The quantitative estimate of drug-likeness (QED) is 0.899. The molecule has 0 saturated carbocycles. The van der Waals surface area contributed by atoms with Gasteiger partial charge < -0.3 is 5.11 Å². The second-order valence-electron chi connectivity index (χ2n) is 4.57. The molecule has 0 atom stereocenters. The van der Waals surface area contributed by atoms with E-state index in [-0.39, 0.29) is 0 Å². The van der Waals surface area contributed by atoms with Crippen molar-refractivity contribution in [2.45, 2.75) is 32.8 Å². The van der Waals surface area contributed by atoms with E-state index in [0.29, 0.717) is 0 Å². The van der Waals surface area contributed by atoms with Gasteiger partial charge in [-0.25, -0.2) is 4.98 Å². The highest BCUT2D eigenvalue weighted by atomic mass is 32.1. The zero-order chi connectivity index (χ0) is 12.5. The molecule has 2 nitrogen and oxygen atoms in total. The van der Waals surface area contributed by atoms with Gasteiger partial charge in [-0.15, -0.1) is 11.3 Å². The molecule has 0 aliphatic heterocycles. The second kappa shape index (κ2) is 4.59. The fraction of sp³-hybridized carbons (Fsp3) is 0.357. The summed E-state index contributed by atoms with van der Waals surface area (Å²) in [7, 11) is 0. The first-order valence-corrected chi connectivity index (χ1v) is 6.62. The number of nitrogens with zero attached hydrogens (tertiary/aromatic N) is 1. The summed E-state index contributed by atoms with van der Waals surface area (Å²) >= 11 is 1.60. The number of hydrogen-bond donors (Lipinski definition) is 1. The smallest absolute Gasteiger partial charge is 0.125 e. The molecule has 3 heteroatoms. The maximum absolute atomic E-state index is 10.0. The van der Waals surface area contributed by atoms with Gasteiger partial charge >= 0.3 is 0 Å². The Morgan fingerprint density at radius 3 is 2.41 bits per heavy atom. The molecule has 2 aromatic rings. The summed E-state index contributed by atoms with van der Waals surface area (Å²) in [5.74, 6) is 0. The van der Waals surface area contributed by atoms with Crippen molar-refractivity contribution in [3.8, 4) is 11.3 Å². The van der Waals surface area contributed by atoms with Gasteiger partial charge in [-0.1, -0.05) is 37.3 Å². The summed E-state index contributed by atoms with van der Waals surface area (Å²) < 4.78 is 0. The molecule has 0 bridgehead atoms. The van der Waals surface area contributed by atoms with Gasteiger partial charge in [0.1, 0.15) is 10.6 Å². The van der Waals surface area contributed by atoms with Gasteiger partial charge in [0.15, 0.2) is 0 Å². The average Bonchev–Trinajstić information content (AvgIpc) is 2.73. The monoisotopic (exact) mass is 247 g/mol. The van der Waals surface area contributed by atoms with Crippen molar-refractivity contribution in [1.29, 1.82) is 0 Å². The molecule has 0 spiro atoms. The number of aliphatic hydroxyl groups is 1. The molecule has 1 aromatic carbocycles. The van der Waals surface area contributed by atoms with Crippen molar-refractivity contribution < 1.29 is 5.11 Å². The average molecular weight is 247 g/mol. The molecule has 90 valence electrons. The van der Waals surface area contributed by atoms with E-state index in [1.807, 2.05) is 18.2 Å². The van der Waals surface area contributed by atoms with Gasteiger partial charge in [-0.2, -0.15) is 0 Å². The summed E-state index contributed by atoms with van der Waals surface area (Å²) in [5.41, 5.74) is 1.27. The van der Waals surface area contributed by atoms with Gasteiger partial charge in [0.2, 0.25) is 0 Å². The van der Waals surface area contributed by atoms with Gasteiger partial charge in [0.05, 0.1) is 5.69 Å². The summed E-state index contributed by atoms with van der Waals surface area (Å²) in [6, 6.07) is 10.1. The predicted octanol–water partition coefficient (Wildman–Crippen LogP) is 3.60. The Morgan fingerprint density at radius 1 is 1.24 bits per heavy atom. The van der Waals surface area contributed by atoms with Crippen LogP contribution in [0.15, 0.2) is 30.3 Å². The summed E-state index contributed by atoms with van der Waals surface area (Å²) in [5, 5.41) is 10.8. The lowest BCUT2D eigenvalue weighted by Gasteiger charge is -2.12. The van der Waals surface area contributed by atoms with Gasteiger partial charge in [0.25, 0.3) is 0 Å². The zero-order valence-corrected chi connectivity index (χ0v) is 11.2. The molecule has 0 aliphatic carbocycles. The third kappa shape index (κ3) is 2.56. The number of thiazole rings is 1. The third-order valence-corrected chi connectivity index (χ3v) is 4.10. The minimum absolute atomic E-state index is 0.785. The SMILES string of the molecule is CCc1sc(C(C)(C)O)nc1-c1ccccc1. The Balaban J connectivity index is 2.51. The van der Waals surface area contributed by atoms with E-state index in [9.17, 15) is 5.11 Å². The van der Waals surface area contributed by atoms with Crippen LogP contribution in [0.4, 0.5) is 0 Å². The van der Waals surface area contributed by atoms with Crippen LogP contribution in [0.25, 0.3) is 11.3 Å². The molecule has 0 fully saturated rings. The zero-order valence-electron chi connectivity index (χ0n) is 10.4. The van der Waals surface area contributed by atoms with Crippen LogP contribution in [0.5, 0.6) is 0 Å². The molecular weight excluding hydrogens is 230 g/mol. The maximum Gasteiger partial charge on any atom is 0.125 e. The van der Waals surface area contributed by atoms with Crippen LogP contribution in [-0.2, 0) is 12.0 Å². The lowest BCUT2D eigenvalue weighted by atomic mass is 10.1. The topological polar surface area (TPSA) is 33.1 Å². The van der Waals surface area contributed by atoms with Crippen LogP contribution in [0, 0.1) is 0 Å². The van der Waals surface area contributed by atoms with Crippen molar-refractivity contribution in [2.75, 3.05) is 0 Å². The van der Waals surface area contributed by atoms with Gasteiger partial charge in [-0.3, -0.25) is 0 Å². The van der Waals surface area contributed by atoms with E-state index < -0.39 is 5.60 Å². The van der Waals surface area contributed by atoms with Gasteiger partial charge in [0, 0.05) is 10.4 Å². The summed E-state index contributed by atoms with van der Waals surface area (Å²) in [6.45, 7) is 5.67. The normalized spacial score (nSPS) is 11.8. The summed E-state index contributed by atoms with van der Waals surface area (Å²) in [4.78, 5) is 5.82. The highest BCUT2D eigenvalue weighted by molar-refractivity contribution is 7.12. The first-order chi connectivity index (χ1) is 8.02. The van der Waals surface area contributed by atoms with Crippen molar-refractivity contribution >= 4 is 11.3 Å². The van der Waals surface area contributed by atoms with E-state index in [1.165, 1.54) is 4.88 Å². The summed E-state index contributed by atoms with van der Waals surface area (Å²) in [6.07, 6.45) is 0.942. The van der Waals surface area contributed by atoms with Crippen LogP contribution >= 0.6 is 11.3 Å². The van der Waals surface area contributed by atoms with E-state index in [1.54, 1.807) is 25.2 Å². The maximum atomic E-state index is 10.0. The number of hydrogen-bond acceptors (Lipinski definition) is 3. The molecule has 0 amide bonds. The third-order valence-electron chi connectivity index (χ3n) is 2.59. The Labute approximate surface area is 106 Å². The molecule has 1 N–H and O–H groups in total. The van der Waals surface area contributed by atoms with E-state index in [2.05, 4.69) is 24.0 Å². The van der Waals surface area contributed by atoms with Crippen LogP contribution in [0.3, 0.4) is 0 Å². The lowest BCUT2D eigenvalue weighted by Crippen LogP contribution is -2.14. The van der Waals surface area contributed by atoms with Crippen molar-refractivity contribution in [1.82, 2.24) is 4.98 Å². The minimum Gasteiger partial charge on any atom is -0.383 e. The van der Waals surface area contributed by atoms with Crippen molar-refractivity contribution in [2.24, 2.45) is 0 Å². The molecule has 1 heterocycles. The Morgan fingerprint density at radius 2 is 1.88 bits per heavy atom. The van der Waals surface area contributed by atoms with Crippen LogP contribution in [-0.4, -0.2) is 10.1 Å². The Bertz CT molecular complexity index is 497.